The first kappa shape index (κ1) is 20.8. The number of pyridine rings is 1. The first-order valence-corrected chi connectivity index (χ1v) is 10.6. The number of fused-ring (bicyclic) bond motifs is 1. The van der Waals surface area contributed by atoms with Gasteiger partial charge in [0.25, 0.3) is 0 Å². The third kappa shape index (κ3) is 3.58. The number of imidazole rings is 1. The molecule has 0 bridgehead atoms. The van der Waals surface area contributed by atoms with E-state index >= 15 is 0 Å². The summed E-state index contributed by atoms with van der Waals surface area (Å²) in [6.07, 6.45) is 2.24. The molecule has 4 heterocycles. The van der Waals surface area contributed by atoms with Gasteiger partial charge in [-0.05, 0) is 13.0 Å². The highest BCUT2D eigenvalue weighted by Gasteiger charge is 2.47. The molecule has 30 heavy (non-hydrogen) atoms. The minimum Gasteiger partial charge on any atom is -0.389 e. The molecule has 10 nitrogen and oxygen atoms in total. The van der Waals surface area contributed by atoms with Crippen molar-refractivity contribution in [3.8, 4) is 11.4 Å². The van der Waals surface area contributed by atoms with Crippen LogP contribution in [0.25, 0.3) is 22.6 Å². The van der Waals surface area contributed by atoms with Gasteiger partial charge in [0.15, 0.2) is 17.3 Å². The summed E-state index contributed by atoms with van der Waals surface area (Å²) < 4.78 is 1.65. The van der Waals surface area contributed by atoms with Gasteiger partial charge >= 0.3 is 0 Å². The highest BCUT2D eigenvalue weighted by molar-refractivity contribution is 8.01. The molecule has 12 heteroatoms. The number of nitrogens with one attached hydrogen (secondary N) is 2. The molecular weight excluding hydrogens is 430 g/mol. The van der Waals surface area contributed by atoms with Crippen LogP contribution >= 0.6 is 23.4 Å². The number of aromatic nitrogens is 5. The quantitative estimate of drug-likeness (QED) is 0.450. The van der Waals surface area contributed by atoms with Crippen LogP contribution in [-0.4, -0.2) is 71.7 Å². The van der Waals surface area contributed by atoms with E-state index in [-0.39, 0.29) is 5.91 Å². The Bertz CT molecular complexity index is 1090. The summed E-state index contributed by atoms with van der Waals surface area (Å²) in [5.41, 5.74) is 1.57. The number of amides is 1. The lowest BCUT2D eigenvalue weighted by Gasteiger charge is -2.17. The molecule has 4 atom stereocenters. The number of hydrogen-bond acceptors (Lipinski definition) is 9. The van der Waals surface area contributed by atoms with Crippen molar-refractivity contribution in [1.29, 1.82) is 0 Å². The Kier molecular flexibility index (Phi) is 5.78. The van der Waals surface area contributed by atoms with E-state index in [2.05, 4.69) is 30.6 Å². The average molecular weight is 450 g/mol. The summed E-state index contributed by atoms with van der Waals surface area (Å²) in [6, 6.07) is 1.70. The number of carbonyl (C=O) groups excluding carboxylic acids is 1. The van der Waals surface area contributed by atoms with Crippen molar-refractivity contribution in [2.45, 2.75) is 29.8 Å². The van der Waals surface area contributed by atoms with E-state index in [9.17, 15) is 15.0 Å². The van der Waals surface area contributed by atoms with Gasteiger partial charge in [-0.25, -0.2) is 15.0 Å². The van der Waals surface area contributed by atoms with Gasteiger partial charge in [0.1, 0.15) is 28.3 Å². The number of hydrogen-bond donors (Lipinski definition) is 4. The summed E-state index contributed by atoms with van der Waals surface area (Å²) in [6.45, 7) is 2.23. The molecule has 1 aliphatic heterocycles. The number of halogens is 1. The van der Waals surface area contributed by atoms with Gasteiger partial charge < -0.3 is 20.8 Å². The predicted octanol–water partition coefficient (Wildman–Crippen LogP) is 1.06. The van der Waals surface area contributed by atoms with Crippen molar-refractivity contribution < 1.29 is 15.0 Å². The van der Waals surface area contributed by atoms with E-state index in [1.165, 1.54) is 12.5 Å². The molecule has 158 valence electrons. The van der Waals surface area contributed by atoms with E-state index in [0.29, 0.717) is 39.9 Å². The molecule has 3 aromatic rings. The van der Waals surface area contributed by atoms with Gasteiger partial charge in [-0.2, -0.15) is 0 Å². The van der Waals surface area contributed by atoms with E-state index < -0.39 is 22.8 Å². The number of anilines is 1. The van der Waals surface area contributed by atoms with Crippen molar-refractivity contribution in [1.82, 2.24) is 29.8 Å². The zero-order chi connectivity index (χ0) is 21.4. The SMILES string of the molecule is CCNC(=O)[C@H]1S[C@@H](n2cnc3c(NC)nc(-c4cncc(Cl)c4)nc32)[C@H](O)[C@@H]1O. The minimum atomic E-state index is -1.22. The number of aliphatic hydroxyl groups is 2. The molecule has 0 aliphatic carbocycles. The Morgan fingerprint density at radius 3 is 2.80 bits per heavy atom. The van der Waals surface area contributed by atoms with Gasteiger partial charge in [0, 0.05) is 31.5 Å². The van der Waals surface area contributed by atoms with Crippen molar-refractivity contribution in [2.75, 3.05) is 18.9 Å². The highest BCUT2D eigenvalue weighted by Crippen LogP contribution is 2.43. The molecule has 0 spiro atoms. The zero-order valence-corrected chi connectivity index (χ0v) is 17.7. The Morgan fingerprint density at radius 2 is 2.10 bits per heavy atom. The maximum absolute atomic E-state index is 12.3. The smallest absolute Gasteiger partial charge is 0.235 e. The number of carbonyl (C=O) groups is 1. The van der Waals surface area contributed by atoms with E-state index in [0.717, 1.165) is 11.8 Å². The lowest BCUT2D eigenvalue weighted by atomic mass is 10.1. The fraction of sp³-hybridized carbons (Fsp3) is 0.389. The summed E-state index contributed by atoms with van der Waals surface area (Å²) in [7, 11) is 1.72. The summed E-state index contributed by atoms with van der Waals surface area (Å²) in [4.78, 5) is 29.8. The zero-order valence-electron chi connectivity index (χ0n) is 16.2. The largest absolute Gasteiger partial charge is 0.389 e. The van der Waals surface area contributed by atoms with Crippen LogP contribution in [0.3, 0.4) is 0 Å². The molecule has 1 saturated heterocycles. The van der Waals surface area contributed by atoms with Gasteiger partial charge in [-0.15, -0.1) is 11.8 Å². The highest BCUT2D eigenvalue weighted by atomic mass is 35.5. The average Bonchev–Trinajstić information content (AvgIpc) is 3.29. The molecule has 4 N–H and O–H groups in total. The Balaban J connectivity index is 1.78. The molecule has 4 rings (SSSR count). The maximum atomic E-state index is 12.3. The second-order valence-corrected chi connectivity index (χ2v) is 8.38. The van der Waals surface area contributed by atoms with Crippen LogP contribution in [0, 0.1) is 0 Å². The second kappa shape index (κ2) is 8.34. The fourth-order valence-electron chi connectivity index (χ4n) is 3.32. The molecule has 0 saturated carbocycles. The normalized spacial score (nSPS) is 23.6. The third-order valence-corrected chi connectivity index (χ3v) is 6.52. The molecule has 1 fully saturated rings. The van der Waals surface area contributed by atoms with Crippen molar-refractivity contribution >= 4 is 46.3 Å². The molecule has 0 unspecified atom stereocenters. The standard InChI is InChI=1S/C18H20ClN7O3S/c1-3-22-17(29)13-11(27)12(28)18(30-13)26-7-23-10-15(20-2)24-14(25-16(10)26)8-4-9(19)6-21-5-8/h4-7,11-13,18,27-28H,3H2,1-2H3,(H,22,29)(H,20,24,25)/t11-,12+,13-,18+/m0/s1. The summed E-state index contributed by atoms with van der Waals surface area (Å²) >= 11 is 7.22. The third-order valence-electron chi connectivity index (χ3n) is 4.74. The van der Waals surface area contributed by atoms with E-state index in [1.807, 2.05) is 0 Å². The molecule has 1 aliphatic rings. The predicted molar refractivity (Wildman–Crippen MR) is 114 cm³/mol. The van der Waals surface area contributed by atoms with Crippen LogP contribution in [0.5, 0.6) is 0 Å². The Hall–Kier alpha value is -2.47. The van der Waals surface area contributed by atoms with E-state index in [4.69, 9.17) is 11.6 Å². The first-order valence-electron chi connectivity index (χ1n) is 9.27. The van der Waals surface area contributed by atoms with Crippen LogP contribution < -0.4 is 10.6 Å². The van der Waals surface area contributed by atoms with Crippen molar-refractivity contribution in [3.63, 3.8) is 0 Å². The Morgan fingerprint density at radius 1 is 1.30 bits per heavy atom. The van der Waals surface area contributed by atoms with Gasteiger partial charge in [-0.1, -0.05) is 11.6 Å². The van der Waals surface area contributed by atoms with Crippen molar-refractivity contribution in [3.05, 3.63) is 29.8 Å². The number of aliphatic hydroxyl groups excluding tert-OH is 2. The van der Waals surface area contributed by atoms with Crippen LogP contribution in [0.1, 0.15) is 12.3 Å². The number of nitrogens with zero attached hydrogens (tertiary/aromatic N) is 5. The lowest BCUT2D eigenvalue weighted by Crippen LogP contribution is -2.41. The van der Waals surface area contributed by atoms with Gasteiger partial charge in [0.2, 0.25) is 5.91 Å². The summed E-state index contributed by atoms with van der Waals surface area (Å²) in [5.74, 6) is 0.547. The van der Waals surface area contributed by atoms with Gasteiger partial charge in [-0.3, -0.25) is 14.3 Å². The van der Waals surface area contributed by atoms with Crippen LogP contribution in [0.2, 0.25) is 5.02 Å². The molecular formula is C18H20ClN7O3S. The molecule has 0 radical (unpaired) electrons. The molecule has 0 aromatic carbocycles. The molecule has 1 amide bonds. The maximum Gasteiger partial charge on any atom is 0.235 e. The van der Waals surface area contributed by atoms with Crippen LogP contribution in [-0.2, 0) is 4.79 Å². The van der Waals surface area contributed by atoms with Gasteiger partial charge in [0.05, 0.1) is 11.3 Å². The fourth-order valence-corrected chi connectivity index (χ4v) is 4.93. The summed E-state index contributed by atoms with van der Waals surface area (Å²) in [5, 5.41) is 25.7. The van der Waals surface area contributed by atoms with E-state index in [1.54, 1.807) is 30.8 Å². The number of thioether (sulfide) groups is 1. The lowest BCUT2D eigenvalue weighted by molar-refractivity contribution is -0.123. The topological polar surface area (TPSA) is 138 Å². The number of rotatable bonds is 5. The van der Waals surface area contributed by atoms with Crippen LogP contribution in [0.4, 0.5) is 5.82 Å². The van der Waals surface area contributed by atoms with Crippen LogP contribution in [0.15, 0.2) is 24.8 Å². The first-order chi connectivity index (χ1) is 14.4. The molecule has 3 aromatic heterocycles. The minimum absolute atomic E-state index is 0.322. The monoisotopic (exact) mass is 449 g/mol. The second-order valence-electron chi connectivity index (χ2n) is 6.68. The van der Waals surface area contributed by atoms with Crippen molar-refractivity contribution in [2.24, 2.45) is 0 Å². The Labute approximate surface area is 181 Å².